The molecule has 7 heteroatoms. The second-order valence-electron chi connectivity index (χ2n) is 6.36. The standard InChI is InChI=1S/C17H22FN3O3/c18-14-3-1-2-13(12-14)15(22)20-6-8-21(9-7-20)16(23)17(19)4-10-24-11-5-17/h1-3,12H,4-11,19H2. The Bertz CT molecular complexity index is 623. The number of rotatable bonds is 2. The number of nitrogens with two attached hydrogens (primary N) is 1. The van der Waals surface area contributed by atoms with Crippen LogP contribution in [0.5, 0.6) is 0 Å². The van der Waals surface area contributed by atoms with Crippen LogP contribution in [0.1, 0.15) is 23.2 Å². The summed E-state index contributed by atoms with van der Waals surface area (Å²) in [7, 11) is 0. The molecule has 2 aliphatic rings. The highest BCUT2D eigenvalue weighted by molar-refractivity contribution is 5.94. The molecule has 24 heavy (non-hydrogen) atoms. The van der Waals surface area contributed by atoms with E-state index in [4.69, 9.17) is 10.5 Å². The van der Waals surface area contributed by atoms with E-state index in [-0.39, 0.29) is 11.8 Å². The topological polar surface area (TPSA) is 75.9 Å². The average molecular weight is 335 g/mol. The third kappa shape index (κ3) is 3.42. The number of carbonyl (C=O) groups is 2. The van der Waals surface area contributed by atoms with E-state index in [0.29, 0.717) is 57.8 Å². The summed E-state index contributed by atoms with van der Waals surface area (Å²) in [5, 5.41) is 0. The van der Waals surface area contributed by atoms with Gasteiger partial charge in [0.1, 0.15) is 5.82 Å². The van der Waals surface area contributed by atoms with E-state index in [9.17, 15) is 14.0 Å². The van der Waals surface area contributed by atoms with Crippen molar-refractivity contribution in [1.82, 2.24) is 9.80 Å². The molecule has 0 unspecified atom stereocenters. The molecule has 0 aromatic heterocycles. The van der Waals surface area contributed by atoms with Crippen molar-refractivity contribution in [2.24, 2.45) is 5.73 Å². The lowest BCUT2D eigenvalue weighted by atomic mass is 9.89. The molecule has 6 nitrogen and oxygen atoms in total. The number of piperazine rings is 1. The molecule has 0 saturated carbocycles. The van der Waals surface area contributed by atoms with Gasteiger partial charge >= 0.3 is 0 Å². The molecule has 0 radical (unpaired) electrons. The van der Waals surface area contributed by atoms with Gasteiger partial charge in [-0.2, -0.15) is 0 Å². The summed E-state index contributed by atoms with van der Waals surface area (Å²) in [5.74, 6) is -0.710. The lowest BCUT2D eigenvalue weighted by molar-refractivity contribution is -0.142. The number of hydrogen-bond acceptors (Lipinski definition) is 4. The number of carbonyl (C=O) groups excluding carboxylic acids is 2. The summed E-state index contributed by atoms with van der Waals surface area (Å²) in [6, 6.07) is 5.66. The zero-order chi connectivity index (χ0) is 17.2. The minimum Gasteiger partial charge on any atom is -0.381 e. The summed E-state index contributed by atoms with van der Waals surface area (Å²) in [5.41, 5.74) is 5.72. The van der Waals surface area contributed by atoms with Gasteiger partial charge < -0.3 is 20.3 Å². The molecule has 1 aromatic rings. The Balaban J connectivity index is 1.59. The van der Waals surface area contributed by atoms with Crippen LogP contribution in [0.15, 0.2) is 24.3 Å². The van der Waals surface area contributed by atoms with Crippen molar-refractivity contribution in [2.45, 2.75) is 18.4 Å². The van der Waals surface area contributed by atoms with Gasteiger partial charge in [-0.3, -0.25) is 9.59 Å². The number of halogens is 1. The number of nitrogens with zero attached hydrogens (tertiary/aromatic N) is 2. The molecule has 3 rings (SSSR count). The van der Waals surface area contributed by atoms with Gasteiger partial charge in [-0.05, 0) is 31.0 Å². The van der Waals surface area contributed by atoms with Crippen molar-refractivity contribution >= 4 is 11.8 Å². The SMILES string of the molecule is NC1(C(=O)N2CCN(C(=O)c3cccc(F)c3)CC2)CCOCC1. The molecular weight excluding hydrogens is 313 g/mol. The Labute approximate surface area is 140 Å². The fourth-order valence-electron chi connectivity index (χ4n) is 3.18. The van der Waals surface area contributed by atoms with Crippen LogP contribution < -0.4 is 5.73 Å². The molecule has 2 N–H and O–H groups in total. The van der Waals surface area contributed by atoms with Gasteiger partial charge in [-0.1, -0.05) is 6.07 Å². The molecule has 2 heterocycles. The Hall–Kier alpha value is -1.99. The first kappa shape index (κ1) is 16.9. The quantitative estimate of drug-likeness (QED) is 0.860. The second kappa shape index (κ2) is 6.86. The van der Waals surface area contributed by atoms with Crippen LogP contribution in [0.25, 0.3) is 0 Å². The predicted molar refractivity (Wildman–Crippen MR) is 85.9 cm³/mol. The lowest BCUT2D eigenvalue weighted by Crippen LogP contribution is -2.61. The highest BCUT2D eigenvalue weighted by Gasteiger charge is 2.40. The molecule has 0 bridgehead atoms. The molecule has 0 aliphatic carbocycles. The van der Waals surface area contributed by atoms with E-state index in [1.165, 1.54) is 18.2 Å². The Kier molecular flexibility index (Phi) is 4.82. The van der Waals surface area contributed by atoms with Gasteiger partial charge in [0.25, 0.3) is 5.91 Å². The van der Waals surface area contributed by atoms with Crippen LogP contribution in [0, 0.1) is 5.82 Å². The van der Waals surface area contributed by atoms with Gasteiger partial charge in [0, 0.05) is 45.0 Å². The summed E-state index contributed by atoms with van der Waals surface area (Å²) in [4.78, 5) is 28.4. The van der Waals surface area contributed by atoms with Gasteiger partial charge in [0.15, 0.2) is 0 Å². The normalized spacial score (nSPS) is 20.8. The maximum absolute atomic E-state index is 13.3. The highest BCUT2D eigenvalue weighted by Crippen LogP contribution is 2.21. The first-order valence-electron chi connectivity index (χ1n) is 8.20. The largest absolute Gasteiger partial charge is 0.381 e. The average Bonchev–Trinajstić information content (AvgIpc) is 2.61. The Morgan fingerprint density at radius 1 is 1.08 bits per heavy atom. The van der Waals surface area contributed by atoms with Crippen molar-refractivity contribution in [1.29, 1.82) is 0 Å². The molecule has 2 amide bonds. The highest BCUT2D eigenvalue weighted by atomic mass is 19.1. The first-order chi connectivity index (χ1) is 11.5. The molecule has 130 valence electrons. The van der Waals surface area contributed by atoms with E-state index >= 15 is 0 Å². The molecular formula is C17H22FN3O3. The van der Waals surface area contributed by atoms with Crippen LogP contribution >= 0.6 is 0 Å². The van der Waals surface area contributed by atoms with E-state index < -0.39 is 11.4 Å². The number of amides is 2. The first-order valence-corrected chi connectivity index (χ1v) is 8.20. The van der Waals surface area contributed by atoms with Crippen LogP contribution in [0.2, 0.25) is 0 Å². The number of hydrogen-bond donors (Lipinski definition) is 1. The summed E-state index contributed by atoms with van der Waals surface area (Å²) < 4.78 is 18.5. The van der Waals surface area contributed by atoms with Gasteiger partial charge in [-0.15, -0.1) is 0 Å². The molecule has 2 aliphatic heterocycles. The summed E-state index contributed by atoms with van der Waals surface area (Å²) >= 11 is 0. The molecule has 2 saturated heterocycles. The third-order valence-electron chi connectivity index (χ3n) is 4.74. The van der Waals surface area contributed by atoms with Gasteiger partial charge in [0.2, 0.25) is 5.91 Å². The lowest BCUT2D eigenvalue weighted by Gasteiger charge is -2.40. The Morgan fingerprint density at radius 2 is 1.71 bits per heavy atom. The maximum atomic E-state index is 13.3. The summed E-state index contributed by atoms with van der Waals surface area (Å²) in [6.45, 7) is 2.74. The number of ether oxygens (including phenoxy) is 1. The van der Waals surface area contributed by atoms with Crippen molar-refractivity contribution in [3.05, 3.63) is 35.6 Å². The van der Waals surface area contributed by atoms with Gasteiger partial charge in [0.05, 0.1) is 5.54 Å². The van der Waals surface area contributed by atoms with E-state index in [2.05, 4.69) is 0 Å². The van der Waals surface area contributed by atoms with Crippen molar-refractivity contribution in [2.75, 3.05) is 39.4 Å². The van der Waals surface area contributed by atoms with Crippen LogP contribution in [-0.4, -0.2) is 66.5 Å². The van der Waals surface area contributed by atoms with Gasteiger partial charge in [-0.25, -0.2) is 4.39 Å². The molecule has 2 fully saturated rings. The fourth-order valence-corrected chi connectivity index (χ4v) is 3.18. The zero-order valence-electron chi connectivity index (χ0n) is 13.5. The smallest absolute Gasteiger partial charge is 0.254 e. The predicted octanol–water partition coefficient (Wildman–Crippen LogP) is 0.618. The van der Waals surface area contributed by atoms with E-state index in [0.717, 1.165) is 0 Å². The van der Waals surface area contributed by atoms with Crippen LogP contribution in [0.3, 0.4) is 0 Å². The monoisotopic (exact) mass is 335 g/mol. The molecule has 0 spiro atoms. The molecule has 1 aromatic carbocycles. The van der Waals surface area contributed by atoms with Crippen molar-refractivity contribution < 1.29 is 18.7 Å². The van der Waals surface area contributed by atoms with Crippen molar-refractivity contribution in [3.63, 3.8) is 0 Å². The zero-order valence-corrected chi connectivity index (χ0v) is 13.5. The van der Waals surface area contributed by atoms with E-state index in [1.807, 2.05) is 0 Å². The Morgan fingerprint density at radius 3 is 2.33 bits per heavy atom. The van der Waals surface area contributed by atoms with Crippen LogP contribution in [-0.2, 0) is 9.53 Å². The second-order valence-corrected chi connectivity index (χ2v) is 6.36. The minimum atomic E-state index is -0.854. The third-order valence-corrected chi connectivity index (χ3v) is 4.74. The summed E-state index contributed by atoms with van der Waals surface area (Å²) in [6.07, 6.45) is 1.04. The maximum Gasteiger partial charge on any atom is 0.254 e. The number of benzene rings is 1. The fraction of sp³-hybridized carbons (Fsp3) is 0.529. The molecule has 0 atom stereocenters. The van der Waals surface area contributed by atoms with Crippen LogP contribution in [0.4, 0.5) is 4.39 Å². The minimum absolute atomic E-state index is 0.0661. The van der Waals surface area contributed by atoms with Crippen molar-refractivity contribution in [3.8, 4) is 0 Å². The van der Waals surface area contributed by atoms with E-state index in [1.54, 1.807) is 15.9 Å².